The summed E-state index contributed by atoms with van der Waals surface area (Å²) in [6.07, 6.45) is 6.18. The number of rotatable bonds is 5. The number of ether oxygens (including phenoxy) is 1. The van der Waals surface area contributed by atoms with Gasteiger partial charge in [-0.2, -0.15) is 0 Å². The molecule has 1 saturated heterocycles. The van der Waals surface area contributed by atoms with E-state index in [-0.39, 0.29) is 18.5 Å². The Balaban J connectivity index is 1.59. The van der Waals surface area contributed by atoms with Crippen molar-refractivity contribution in [2.24, 2.45) is 0 Å². The number of anilines is 1. The second-order valence-corrected chi connectivity index (χ2v) is 6.66. The van der Waals surface area contributed by atoms with Gasteiger partial charge in [0.05, 0.1) is 11.3 Å². The number of hydrogen-bond donors (Lipinski definition) is 1. The summed E-state index contributed by atoms with van der Waals surface area (Å²) in [6.45, 7) is 1.01. The lowest BCUT2D eigenvalue weighted by molar-refractivity contribution is -0.384. The third kappa shape index (κ3) is 3.56. The lowest BCUT2D eigenvalue weighted by atomic mass is 10.2. The number of non-ortho nitro benzene ring substituents is 1. The Hall–Kier alpha value is -2.78. The third-order valence-electron chi connectivity index (χ3n) is 4.51. The standard InChI is InChI=1S/C17H17ClN6O3/c18-13-5-4-12(24(25)26)7-11(13)8-19-16-15-17(21-9-20-16)23(10-22-15)14-3-1-2-6-27-14/h4-5,7,9-10,14H,1-3,6,8H2,(H,19,20,21)/t14-/m1/s1. The van der Waals surface area contributed by atoms with E-state index in [2.05, 4.69) is 20.3 Å². The predicted molar refractivity (Wildman–Crippen MR) is 99.6 cm³/mol. The summed E-state index contributed by atoms with van der Waals surface area (Å²) >= 11 is 6.16. The molecule has 1 aromatic carbocycles. The maximum atomic E-state index is 11.0. The number of halogens is 1. The molecule has 0 bridgehead atoms. The second kappa shape index (κ2) is 7.45. The fourth-order valence-electron chi connectivity index (χ4n) is 3.12. The first-order chi connectivity index (χ1) is 13.1. The molecule has 4 rings (SSSR count). The monoisotopic (exact) mass is 388 g/mol. The molecule has 1 fully saturated rings. The van der Waals surface area contributed by atoms with Crippen LogP contribution in [0.5, 0.6) is 0 Å². The van der Waals surface area contributed by atoms with E-state index in [1.807, 2.05) is 4.57 Å². The molecule has 10 heteroatoms. The summed E-state index contributed by atoms with van der Waals surface area (Å²) in [5, 5.41) is 14.6. The average Bonchev–Trinajstić information content (AvgIpc) is 3.12. The maximum absolute atomic E-state index is 11.0. The zero-order valence-corrected chi connectivity index (χ0v) is 15.1. The van der Waals surface area contributed by atoms with Crippen molar-refractivity contribution in [3.05, 3.63) is 51.6 Å². The number of fused-ring (bicyclic) bond motifs is 1. The smallest absolute Gasteiger partial charge is 0.269 e. The molecule has 0 aliphatic carbocycles. The quantitative estimate of drug-likeness (QED) is 0.524. The van der Waals surface area contributed by atoms with E-state index in [1.54, 1.807) is 6.33 Å². The Morgan fingerprint density at radius 2 is 2.22 bits per heavy atom. The average molecular weight is 389 g/mol. The van der Waals surface area contributed by atoms with Crippen molar-refractivity contribution in [1.29, 1.82) is 0 Å². The lowest BCUT2D eigenvalue weighted by Gasteiger charge is -2.23. The predicted octanol–water partition coefficient (Wildman–Crippen LogP) is 3.70. The largest absolute Gasteiger partial charge is 0.364 e. The molecular formula is C17H17ClN6O3. The van der Waals surface area contributed by atoms with Crippen LogP contribution in [0.2, 0.25) is 5.02 Å². The molecule has 1 N–H and O–H groups in total. The second-order valence-electron chi connectivity index (χ2n) is 6.25. The van der Waals surface area contributed by atoms with Crippen LogP contribution < -0.4 is 5.32 Å². The molecule has 0 spiro atoms. The number of benzene rings is 1. The number of aromatic nitrogens is 4. The summed E-state index contributed by atoms with van der Waals surface area (Å²) in [6, 6.07) is 4.34. The van der Waals surface area contributed by atoms with Gasteiger partial charge in [0.15, 0.2) is 17.0 Å². The van der Waals surface area contributed by atoms with E-state index in [9.17, 15) is 10.1 Å². The highest BCUT2D eigenvalue weighted by molar-refractivity contribution is 6.31. The van der Waals surface area contributed by atoms with E-state index in [1.165, 1.54) is 24.5 Å². The highest BCUT2D eigenvalue weighted by Gasteiger charge is 2.20. The molecule has 27 heavy (non-hydrogen) atoms. The van der Waals surface area contributed by atoms with Crippen molar-refractivity contribution in [3.8, 4) is 0 Å². The molecule has 0 radical (unpaired) electrons. The topological polar surface area (TPSA) is 108 Å². The van der Waals surface area contributed by atoms with Crippen LogP contribution in [0.3, 0.4) is 0 Å². The minimum atomic E-state index is -0.450. The van der Waals surface area contributed by atoms with Crippen LogP contribution in [-0.2, 0) is 11.3 Å². The van der Waals surface area contributed by atoms with Crippen molar-refractivity contribution >= 4 is 34.3 Å². The molecule has 3 heterocycles. The lowest BCUT2D eigenvalue weighted by Crippen LogP contribution is -2.17. The van der Waals surface area contributed by atoms with Crippen molar-refractivity contribution in [2.45, 2.75) is 32.0 Å². The van der Waals surface area contributed by atoms with Gasteiger partial charge in [0.2, 0.25) is 0 Å². The van der Waals surface area contributed by atoms with Crippen LogP contribution in [0.4, 0.5) is 11.5 Å². The number of nitrogens with one attached hydrogen (secondary N) is 1. The van der Waals surface area contributed by atoms with Gasteiger partial charge < -0.3 is 10.1 Å². The van der Waals surface area contributed by atoms with Gasteiger partial charge in [-0.25, -0.2) is 15.0 Å². The van der Waals surface area contributed by atoms with E-state index in [0.717, 1.165) is 25.9 Å². The van der Waals surface area contributed by atoms with E-state index in [4.69, 9.17) is 16.3 Å². The Kier molecular flexibility index (Phi) is 4.87. The number of nitro groups is 1. The van der Waals surface area contributed by atoms with E-state index < -0.39 is 4.92 Å². The normalized spacial score (nSPS) is 17.1. The van der Waals surface area contributed by atoms with Gasteiger partial charge in [-0.05, 0) is 30.9 Å². The molecule has 0 saturated carbocycles. The van der Waals surface area contributed by atoms with Gasteiger partial charge in [-0.3, -0.25) is 14.7 Å². The highest BCUT2D eigenvalue weighted by Crippen LogP contribution is 2.28. The molecule has 0 amide bonds. The van der Waals surface area contributed by atoms with Crippen LogP contribution >= 0.6 is 11.6 Å². The fraction of sp³-hybridized carbons (Fsp3) is 0.353. The van der Waals surface area contributed by atoms with Gasteiger partial charge in [-0.1, -0.05) is 11.6 Å². The molecule has 1 atom stereocenters. The van der Waals surface area contributed by atoms with Crippen molar-refractivity contribution in [3.63, 3.8) is 0 Å². The SMILES string of the molecule is O=[N+]([O-])c1ccc(Cl)c(CNc2ncnc3c2ncn3[C@H]2CCCCO2)c1. The summed E-state index contributed by atoms with van der Waals surface area (Å²) < 4.78 is 7.73. The van der Waals surface area contributed by atoms with E-state index >= 15 is 0 Å². The van der Waals surface area contributed by atoms with E-state index in [0.29, 0.717) is 27.6 Å². The van der Waals surface area contributed by atoms with Crippen molar-refractivity contribution < 1.29 is 9.66 Å². The molecule has 0 unspecified atom stereocenters. The molecule has 9 nitrogen and oxygen atoms in total. The first kappa shape index (κ1) is 17.6. The first-order valence-corrected chi connectivity index (χ1v) is 8.97. The van der Waals surface area contributed by atoms with Crippen LogP contribution in [-0.4, -0.2) is 31.0 Å². The van der Waals surface area contributed by atoms with Crippen LogP contribution in [0.1, 0.15) is 31.1 Å². The first-order valence-electron chi connectivity index (χ1n) is 8.59. The number of imidazole rings is 1. The summed E-state index contributed by atoms with van der Waals surface area (Å²) in [5.74, 6) is 0.539. The van der Waals surface area contributed by atoms with Gasteiger partial charge in [-0.15, -0.1) is 0 Å². The van der Waals surface area contributed by atoms with Crippen LogP contribution in [0.15, 0.2) is 30.9 Å². The molecule has 140 valence electrons. The van der Waals surface area contributed by atoms with Gasteiger partial charge in [0.1, 0.15) is 12.6 Å². The van der Waals surface area contributed by atoms with Crippen LogP contribution in [0.25, 0.3) is 11.2 Å². The Morgan fingerprint density at radius 3 is 3.00 bits per heavy atom. The molecule has 3 aromatic rings. The zero-order chi connectivity index (χ0) is 18.8. The summed E-state index contributed by atoms with van der Waals surface area (Å²) in [4.78, 5) is 23.5. The number of nitro benzene ring substituents is 1. The highest BCUT2D eigenvalue weighted by atomic mass is 35.5. The number of nitrogens with zero attached hydrogens (tertiary/aromatic N) is 5. The minimum absolute atomic E-state index is 0.0113. The van der Waals surface area contributed by atoms with Crippen molar-refractivity contribution in [1.82, 2.24) is 19.5 Å². The van der Waals surface area contributed by atoms with Gasteiger partial charge in [0.25, 0.3) is 5.69 Å². The Bertz CT molecular complexity index is 986. The molecule has 2 aromatic heterocycles. The molecule has 1 aliphatic rings. The van der Waals surface area contributed by atoms with Crippen LogP contribution in [0, 0.1) is 10.1 Å². The van der Waals surface area contributed by atoms with Crippen molar-refractivity contribution in [2.75, 3.05) is 11.9 Å². The fourth-order valence-corrected chi connectivity index (χ4v) is 3.31. The Labute approximate surface area is 159 Å². The molecule has 1 aliphatic heterocycles. The summed E-state index contributed by atoms with van der Waals surface area (Å²) in [7, 11) is 0. The minimum Gasteiger partial charge on any atom is -0.364 e. The zero-order valence-electron chi connectivity index (χ0n) is 14.3. The maximum Gasteiger partial charge on any atom is 0.269 e. The summed E-state index contributed by atoms with van der Waals surface area (Å²) in [5.41, 5.74) is 1.90. The third-order valence-corrected chi connectivity index (χ3v) is 4.88. The van der Waals surface area contributed by atoms with Gasteiger partial charge >= 0.3 is 0 Å². The Morgan fingerprint density at radius 1 is 1.33 bits per heavy atom. The van der Waals surface area contributed by atoms with Gasteiger partial charge in [0, 0.05) is 30.3 Å². The number of hydrogen-bond acceptors (Lipinski definition) is 7. The molecular weight excluding hydrogens is 372 g/mol.